The van der Waals surface area contributed by atoms with E-state index in [1.807, 2.05) is 0 Å². The molecule has 124 valence electrons. The molecule has 0 saturated carbocycles. The van der Waals surface area contributed by atoms with Crippen molar-refractivity contribution in [3.63, 3.8) is 0 Å². The smallest absolute Gasteiger partial charge is 0.335 e. The van der Waals surface area contributed by atoms with Crippen LogP contribution in [-0.4, -0.2) is 32.6 Å². The van der Waals surface area contributed by atoms with Crippen LogP contribution in [0.25, 0.3) is 0 Å². The molecular formula is C16H25ClO4Si. The van der Waals surface area contributed by atoms with Gasteiger partial charge in [-0.25, -0.2) is 4.79 Å². The van der Waals surface area contributed by atoms with E-state index in [1.165, 1.54) is 12.1 Å². The fourth-order valence-electron chi connectivity index (χ4n) is 1.54. The minimum atomic E-state index is -1.71. The molecule has 0 amide bonds. The number of hydrogen-bond donors (Lipinski definition) is 1. The van der Waals surface area contributed by atoms with Crippen molar-refractivity contribution in [1.29, 1.82) is 0 Å². The molecule has 22 heavy (non-hydrogen) atoms. The number of halogens is 1. The summed E-state index contributed by atoms with van der Waals surface area (Å²) in [5.74, 6) is -0.504. The minimum absolute atomic E-state index is 0.151. The maximum absolute atomic E-state index is 10.8. The average molecular weight is 345 g/mol. The van der Waals surface area contributed by atoms with Gasteiger partial charge in [-0.2, -0.15) is 0 Å². The van der Waals surface area contributed by atoms with E-state index in [9.17, 15) is 4.79 Å². The Kier molecular flexibility index (Phi) is 6.46. The second kappa shape index (κ2) is 7.48. The van der Waals surface area contributed by atoms with Crippen molar-refractivity contribution < 1.29 is 19.1 Å². The summed E-state index contributed by atoms with van der Waals surface area (Å²) in [6, 6.07) is 4.46. The van der Waals surface area contributed by atoms with Gasteiger partial charge in [0.2, 0.25) is 0 Å². The third kappa shape index (κ3) is 5.30. The van der Waals surface area contributed by atoms with Gasteiger partial charge in [-0.15, -0.1) is 0 Å². The number of carboxylic acid groups (broad SMARTS) is 1. The fourth-order valence-corrected chi connectivity index (χ4v) is 2.86. The van der Waals surface area contributed by atoms with Gasteiger partial charge in [0.15, 0.2) is 8.32 Å². The third-order valence-electron chi connectivity index (χ3n) is 3.99. The average Bonchev–Trinajstić information content (AvgIpc) is 2.38. The predicted molar refractivity (Wildman–Crippen MR) is 91.7 cm³/mol. The molecule has 0 aromatic heterocycles. The maximum atomic E-state index is 10.8. The Labute approximate surface area is 138 Å². The molecule has 1 rings (SSSR count). The van der Waals surface area contributed by atoms with E-state index >= 15 is 0 Å². The van der Waals surface area contributed by atoms with Crippen molar-refractivity contribution in [2.24, 2.45) is 0 Å². The first-order valence-electron chi connectivity index (χ1n) is 7.34. The highest BCUT2D eigenvalue weighted by atomic mass is 35.5. The van der Waals surface area contributed by atoms with Crippen LogP contribution in [0.3, 0.4) is 0 Å². The summed E-state index contributed by atoms with van der Waals surface area (Å²) < 4.78 is 11.6. The Bertz CT molecular complexity index is 523. The van der Waals surface area contributed by atoms with Gasteiger partial charge in [0.25, 0.3) is 0 Å². The summed E-state index contributed by atoms with van der Waals surface area (Å²) in [5.41, 5.74) is 0.151. The SMILES string of the molecule is CC(C)(C)[Si](C)(C)OCCCOc1ccc(C(=O)O)cc1Cl. The normalized spacial score (nSPS) is 12.3. The zero-order valence-corrected chi connectivity index (χ0v) is 15.7. The topological polar surface area (TPSA) is 55.8 Å². The zero-order chi connectivity index (χ0) is 17.0. The second-order valence-corrected chi connectivity index (χ2v) is 12.0. The van der Waals surface area contributed by atoms with Gasteiger partial charge in [-0.1, -0.05) is 32.4 Å². The Morgan fingerprint density at radius 2 is 1.91 bits per heavy atom. The summed E-state index contributed by atoms with van der Waals surface area (Å²) in [7, 11) is -1.71. The molecule has 0 fully saturated rings. The van der Waals surface area contributed by atoms with E-state index in [-0.39, 0.29) is 10.6 Å². The summed E-state index contributed by atoms with van der Waals surface area (Å²) >= 11 is 6.01. The standard InChI is InChI=1S/C16H25ClO4Si/c1-16(2,3)22(4,5)21-10-6-9-20-14-8-7-12(15(18)19)11-13(14)17/h7-8,11H,6,9-10H2,1-5H3,(H,18,19). The van der Waals surface area contributed by atoms with E-state index in [4.69, 9.17) is 25.9 Å². The molecule has 0 spiro atoms. The summed E-state index contributed by atoms with van der Waals surface area (Å²) in [5, 5.41) is 9.38. The molecular weight excluding hydrogens is 320 g/mol. The number of hydrogen-bond acceptors (Lipinski definition) is 3. The van der Waals surface area contributed by atoms with E-state index in [1.54, 1.807) is 6.07 Å². The summed E-state index contributed by atoms with van der Waals surface area (Å²) in [6.45, 7) is 12.2. The minimum Gasteiger partial charge on any atom is -0.492 e. The lowest BCUT2D eigenvalue weighted by atomic mass is 10.2. The maximum Gasteiger partial charge on any atom is 0.335 e. The molecule has 6 heteroatoms. The molecule has 0 unspecified atom stereocenters. The largest absolute Gasteiger partial charge is 0.492 e. The molecule has 0 atom stereocenters. The predicted octanol–water partition coefficient (Wildman–Crippen LogP) is 4.83. The Hall–Kier alpha value is -1.04. The first kappa shape index (κ1) is 19.0. The third-order valence-corrected chi connectivity index (χ3v) is 8.83. The molecule has 0 radical (unpaired) electrons. The number of benzene rings is 1. The molecule has 0 aliphatic rings. The van der Waals surface area contributed by atoms with Gasteiger partial charge in [0.05, 0.1) is 17.2 Å². The van der Waals surface area contributed by atoms with Crippen molar-refractivity contribution in [2.75, 3.05) is 13.2 Å². The van der Waals surface area contributed by atoms with Crippen molar-refractivity contribution in [2.45, 2.75) is 45.3 Å². The molecule has 0 aliphatic heterocycles. The number of carboxylic acids is 1. The molecule has 1 aromatic carbocycles. The van der Waals surface area contributed by atoms with E-state index in [2.05, 4.69) is 33.9 Å². The van der Waals surface area contributed by atoms with Crippen LogP contribution in [0.5, 0.6) is 5.75 Å². The molecule has 0 bridgehead atoms. The molecule has 0 saturated heterocycles. The number of ether oxygens (including phenoxy) is 1. The van der Waals surface area contributed by atoms with Gasteiger partial charge in [-0.05, 0) is 36.3 Å². The monoisotopic (exact) mass is 344 g/mol. The van der Waals surface area contributed by atoms with E-state index in [0.717, 1.165) is 6.42 Å². The summed E-state index contributed by atoms with van der Waals surface area (Å²) in [4.78, 5) is 10.8. The highest BCUT2D eigenvalue weighted by Crippen LogP contribution is 2.36. The summed E-state index contributed by atoms with van der Waals surface area (Å²) in [6.07, 6.45) is 0.767. The van der Waals surface area contributed by atoms with E-state index < -0.39 is 14.3 Å². The van der Waals surface area contributed by atoms with Crippen LogP contribution in [0.1, 0.15) is 37.6 Å². The molecule has 1 aromatic rings. The molecule has 0 heterocycles. The van der Waals surface area contributed by atoms with Crippen LogP contribution in [0.15, 0.2) is 18.2 Å². The van der Waals surface area contributed by atoms with Crippen LogP contribution in [-0.2, 0) is 4.43 Å². The molecule has 1 N–H and O–H groups in total. The van der Waals surface area contributed by atoms with Gasteiger partial charge < -0.3 is 14.3 Å². The highest BCUT2D eigenvalue weighted by Gasteiger charge is 2.36. The van der Waals surface area contributed by atoms with Crippen LogP contribution in [0.2, 0.25) is 23.2 Å². The lowest BCUT2D eigenvalue weighted by molar-refractivity contribution is 0.0697. The first-order valence-corrected chi connectivity index (χ1v) is 10.6. The van der Waals surface area contributed by atoms with Gasteiger partial charge in [0, 0.05) is 13.0 Å². The lowest BCUT2D eigenvalue weighted by Crippen LogP contribution is -2.41. The quantitative estimate of drug-likeness (QED) is 0.568. The van der Waals surface area contributed by atoms with Gasteiger partial charge in [0.1, 0.15) is 5.75 Å². The second-order valence-electron chi connectivity index (χ2n) is 6.76. The van der Waals surface area contributed by atoms with Crippen molar-refractivity contribution in [3.05, 3.63) is 28.8 Å². The number of rotatable bonds is 7. The van der Waals surface area contributed by atoms with Crippen LogP contribution < -0.4 is 4.74 Å². The number of aromatic carboxylic acids is 1. The Balaban J connectivity index is 2.41. The van der Waals surface area contributed by atoms with Crippen LogP contribution in [0.4, 0.5) is 0 Å². The highest BCUT2D eigenvalue weighted by molar-refractivity contribution is 6.74. The fraction of sp³-hybridized carbons (Fsp3) is 0.562. The molecule has 4 nitrogen and oxygen atoms in total. The molecule has 0 aliphatic carbocycles. The van der Waals surface area contributed by atoms with Crippen molar-refractivity contribution in [1.82, 2.24) is 0 Å². The Morgan fingerprint density at radius 3 is 2.41 bits per heavy atom. The number of carbonyl (C=O) groups is 1. The zero-order valence-electron chi connectivity index (χ0n) is 13.9. The van der Waals surface area contributed by atoms with E-state index in [0.29, 0.717) is 24.0 Å². The van der Waals surface area contributed by atoms with Crippen molar-refractivity contribution >= 4 is 25.9 Å². The first-order chi connectivity index (χ1) is 10.0. The Morgan fingerprint density at radius 1 is 1.27 bits per heavy atom. The van der Waals surface area contributed by atoms with Gasteiger partial charge in [-0.3, -0.25) is 0 Å². The van der Waals surface area contributed by atoms with Crippen molar-refractivity contribution in [3.8, 4) is 5.75 Å². The lowest BCUT2D eigenvalue weighted by Gasteiger charge is -2.36. The van der Waals surface area contributed by atoms with Crippen LogP contribution in [0, 0.1) is 0 Å². The van der Waals surface area contributed by atoms with Gasteiger partial charge >= 0.3 is 5.97 Å². The van der Waals surface area contributed by atoms with Crippen LogP contribution >= 0.6 is 11.6 Å².